The van der Waals surface area contributed by atoms with E-state index < -0.39 is 23.4 Å². The molecule has 360 valence electrons. The Morgan fingerprint density at radius 3 is 1.03 bits per heavy atom. The van der Waals surface area contributed by atoms with Gasteiger partial charge >= 0.3 is 5.97 Å². The molecule has 0 aliphatic heterocycles. The van der Waals surface area contributed by atoms with Gasteiger partial charge in [-0.1, -0.05) is 187 Å². The minimum absolute atomic E-state index is 0. The van der Waals surface area contributed by atoms with Crippen molar-refractivity contribution in [1.29, 1.82) is 0 Å². The Hall–Kier alpha value is -7.17. The molecule has 69 heavy (non-hydrogen) atoms. The number of hydrogen-bond acceptors (Lipinski definition) is 9. The number of rotatable bonds is 18. The summed E-state index contributed by atoms with van der Waals surface area (Å²) in [5.41, 5.74) is 0. The van der Waals surface area contributed by atoms with Crippen LogP contribution in [-0.4, -0.2) is 79.5 Å². The molecule has 0 atom stereocenters. The predicted octanol–water partition coefficient (Wildman–Crippen LogP) is 13.3. The molecule has 8 rings (SSSR count). The largest absolute Gasteiger partial charge is 0.490 e. The summed E-state index contributed by atoms with van der Waals surface area (Å²) in [6, 6.07) is 55.6. The normalized spacial score (nSPS) is 10.4. The molecule has 0 saturated carbocycles. The van der Waals surface area contributed by atoms with E-state index in [1.807, 2.05) is 170 Å². The van der Waals surface area contributed by atoms with Crippen LogP contribution in [0.3, 0.4) is 0 Å². The summed E-state index contributed by atoms with van der Waals surface area (Å²) in [6.45, 7) is 17.4. The molecule has 0 radical (unpaired) electrons. The van der Waals surface area contributed by atoms with Gasteiger partial charge in [-0.25, -0.2) is 4.79 Å². The highest BCUT2D eigenvalue weighted by molar-refractivity contribution is 6.66. The minimum Gasteiger partial charge on any atom is -0.490 e. The Kier molecular flexibility index (Phi) is 23.3. The highest BCUT2D eigenvalue weighted by atomic mass is 35.5. The van der Waals surface area contributed by atoms with E-state index in [9.17, 15) is 14.7 Å². The van der Waals surface area contributed by atoms with E-state index >= 15 is 0 Å². The lowest BCUT2D eigenvalue weighted by atomic mass is 10.1. The van der Waals surface area contributed by atoms with Gasteiger partial charge in [-0.05, 0) is 83.1 Å². The fraction of sp³-hybridized carbons (Fsp3) is 0.220. The number of halogens is 1. The zero-order chi connectivity index (χ0) is 48.5. The maximum absolute atomic E-state index is 11.8. The summed E-state index contributed by atoms with van der Waals surface area (Å²) in [4.78, 5) is 23.7. The third-order valence-electron chi connectivity index (χ3n) is 10.7. The Morgan fingerprint density at radius 2 is 0.768 bits per heavy atom. The molecule has 0 spiro atoms. The van der Waals surface area contributed by atoms with E-state index in [-0.39, 0.29) is 33.9 Å². The number of carbonyl (C=O) groups is 2. The van der Waals surface area contributed by atoms with Crippen molar-refractivity contribution in [1.82, 2.24) is 4.90 Å². The molecular formula is C59H64ClNO8. The van der Waals surface area contributed by atoms with Gasteiger partial charge in [-0.3, -0.25) is 4.79 Å². The van der Waals surface area contributed by atoms with Crippen molar-refractivity contribution in [2.24, 2.45) is 0 Å². The fourth-order valence-electron chi connectivity index (χ4n) is 7.07. The first kappa shape index (κ1) is 54.4. The zero-order valence-electron chi connectivity index (χ0n) is 39.0. The molecule has 0 aliphatic carbocycles. The van der Waals surface area contributed by atoms with Crippen molar-refractivity contribution in [3.63, 3.8) is 0 Å². The summed E-state index contributed by atoms with van der Waals surface area (Å²) in [5, 5.41) is 18.2. The molecular weight excluding hydrogens is 886 g/mol. The van der Waals surface area contributed by atoms with Gasteiger partial charge in [0.1, 0.15) is 55.5 Å². The topological polar surface area (TPSA) is 104 Å². The van der Waals surface area contributed by atoms with Gasteiger partial charge in [0.2, 0.25) is 5.24 Å². The van der Waals surface area contributed by atoms with Crippen LogP contribution in [0.4, 0.5) is 0 Å². The van der Waals surface area contributed by atoms with Crippen LogP contribution in [0.5, 0.6) is 23.0 Å². The van der Waals surface area contributed by atoms with E-state index in [1.165, 1.54) is 19.6 Å². The number of hydrogen-bond donors (Lipinski definition) is 1. The smallest absolute Gasteiger partial charge is 0.330 e. The van der Waals surface area contributed by atoms with E-state index in [2.05, 4.69) is 38.8 Å². The number of allylic oxidation sites excluding steroid dienone is 1. The van der Waals surface area contributed by atoms with E-state index in [0.717, 1.165) is 78.2 Å². The van der Waals surface area contributed by atoms with Gasteiger partial charge in [0.15, 0.2) is 6.10 Å². The van der Waals surface area contributed by atoms with Gasteiger partial charge in [-0.15, -0.1) is 0 Å². The monoisotopic (exact) mass is 949 g/mol. The lowest BCUT2D eigenvalue weighted by molar-refractivity contribution is -0.146. The Bertz CT molecular complexity index is 2650. The number of benzene rings is 8. The van der Waals surface area contributed by atoms with Crippen molar-refractivity contribution in [2.75, 3.05) is 46.1 Å². The second-order valence-corrected chi connectivity index (χ2v) is 15.6. The van der Waals surface area contributed by atoms with Crippen LogP contribution in [-0.2, 0) is 14.3 Å². The van der Waals surface area contributed by atoms with Crippen LogP contribution < -0.4 is 18.9 Å². The standard InChI is InChI=1S/C26H22O4.C23H20O3.C6H15N.C3H3ClO.CH4/c1-2-26(27)30-21(17-28-24-15-7-11-19-9-3-5-13-22(19)24)18-29-25-16-8-12-20-10-4-6-14-23(20)25;24-19(15-25-22-13-5-9-17-7-1-3-11-20(17)22)16-26-23-14-6-10-18-8-2-4-12-21(18)23;1-4-7(5-2)6-3;1-2-3(4)5;/h2-16,21H,1,17-18H2;1-14,19,24H,15-16H2;4-6H2,1-3H3;2H,1H2;1H4. The molecule has 0 aromatic heterocycles. The Balaban J connectivity index is 0.000000242. The van der Waals surface area contributed by atoms with Crippen molar-refractivity contribution in [2.45, 2.75) is 40.4 Å². The van der Waals surface area contributed by atoms with E-state index in [1.54, 1.807) is 0 Å². The van der Waals surface area contributed by atoms with E-state index in [0.29, 0.717) is 0 Å². The molecule has 9 nitrogen and oxygen atoms in total. The number of nitrogens with zero attached hydrogens (tertiary/aromatic N) is 1. The number of ether oxygens (including phenoxy) is 5. The fourth-order valence-corrected chi connectivity index (χ4v) is 7.07. The maximum Gasteiger partial charge on any atom is 0.330 e. The number of fused-ring (bicyclic) bond motifs is 4. The molecule has 0 amide bonds. The van der Waals surface area contributed by atoms with Crippen molar-refractivity contribution < 1.29 is 38.4 Å². The van der Waals surface area contributed by atoms with Gasteiger partial charge in [0.05, 0.1) is 0 Å². The first-order chi connectivity index (χ1) is 33.2. The second kappa shape index (κ2) is 29.6. The third kappa shape index (κ3) is 17.1. The third-order valence-corrected chi connectivity index (χ3v) is 10.8. The minimum atomic E-state index is -0.715. The highest BCUT2D eigenvalue weighted by Crippen LogP contribution is 2.29. The van der Waals surface area contributed by atoms with Crippen molar-refractivity contribution in [3.8, 4) is 23.0 Å². The SMILES string of the molecule is C.C=CC(=O)Cl.C=CC(=O)OC(COc1cccc2ccccc12)COc1cccc2ccccc12.CCN(CC)CC.OC(COc1cccc2ccccc12)COc1cccc2ccccc12. The average Bonchev–Trinajstić information content (AvgIpc) is 3.39. The van der Waals surface area contributed by atoms with Gasteiger partial charge in [0, 0.05) is 27.6 Å². The zero-order valence-corrected chi connectivity index (χ0v) is 39.7. The molecule has 8 aromatic rings. The molecule has 10 heteroatoms. The highest BCUT2D eigenvalue weighted by Gasteiger charge is 2.17. The van der Waals surface area contributed by atoms with Crippen LogP contribution in [0, 0.1) is 0 Å². The van der Waals surface area contributed by atoms with Gasteiger partial charge < -0.3 is 33.7 Å². The number of aliphatic hydroxyl groups excluding tert-OH is 1. The van der Waals surface area contributed by atoms with Crippen molar-refractivity contribution >= 4 is 65.9 Å². The van der Waals surface area contributed by atoms with Gasteiger partial charge in [-0.2, -0.15) is 0 Å². The lowest BCUT2D eigenvalue weighted by Gasteiger charge is -2.19. The Labute approximate surface area is 412 Å². The molecule has 0 bridgehead atoms. The van der Waals surface area contributed by atoms with Crippen LogP contribution in [0.15, 0.2) is 195 Å². The summed E-state index contributed by atoms with van der Waals surface area (Å²) in [5.74, 6) is 2.50. The van der Waals surface area contributed by atoms with Crippen LogP contribution in [0.2, 0.25) is 0 Å². The first-order valence-corrected chi connectivity index (χ1v) is 23.0. The second-order valence-electron chi connectivity index (χ2n) is 15.2. The van der Waals surface area contributed by atoms with Gasteiger partial charge in [0.25, 0.3) is 0 Å². The summed E-state index contributed by atoms with van der Waals surface area (Å²) >= 11 is 4.71. The average molecular weight is 951 g/mol. The Morgan fingerprint density at radius 1 is 0.493 bits per heavy atom. The first-order valence-electron chi connectivity index (χ1n) is 22.6. The maximum atomic E-state index is 11.8. The van der Waals surface area contributed by atoms with Crippen molar-refractivity contribution in [3.05, 3.63) is 195 Å². The number of aliphatic hydroxyl groups is 1. The van der Waals surface area contributed by atoms with Crippen LogP contribution in [0.25, 0.3) is 43.1 Å². The summed E-state index contributed by atoms with van der Waals surface area (Å²) in [7, 11) is 0. The molecule has 0 aliphatic rings. The summed E-state index contributed by atoms with van der Waals surface area (Å²) in [6.07, 6.45) is 0.881. The molecule has 0 heterocycles. The summed E-state index contributed by atoms with van der Waals surface area (Å²) < 4.78 is 29.1. The number of carbonyl (C=O) groups excluding carboxylic acids is 2. The lowest BCUT2D eigenvalue weighted by Crippen LogP contribution is -2.30. The number of esters is 1. The molecule has 8 aromatic carbocycles. The molecule has 0 unspecified atom stereocenters. The van der Waals surface area contributed by atoms with Crippen LogP contribution >= 0.6 is 11.6 Å². The molecule has 1 N–H and O–H groups in total. The predicted molar refractivity (Wildman–Crippen MR) is 285 cm³/mol. The van der Waals surface area contributed by atoms with E-state index in [4.69, 9.17) is 35.3 Å². The molecule has 0 fully saturated rings. The quantitative estimate of drug-likeness (QED) is 0.0511. The van der Waals surface area contributed by atoms with Crippen LogP contribution in [0.1, 0.15) is 28.2 Å². The molecule has 0 saturated heterocycles.